The van der Waals surface area contributed by atoms with Gasteiger partial charge in [-0.2, -0.15) is 0 Å². The van der Waals surface area contributed by atoms with Gasteiger partial charge in [-0.05, 0) is 18.6 Å². The van der Waals surface area contributed by atoms with E-state index in [1.165, 1.54) is 11.3 Å². The van der Waals surface area contributed by atoms with Crippen LogP contribution in [0, 0.1) is 3.95 Å². The average molecular weight is 217 g/mol. The SMILES string of the molecule is CN(c1n[nH]c(=S)s1)C1CCOC1. The van der Waals surface area contributed by atoms with Crippen LogP contribution in [0.15, 0.2) is 0 Å². The maximum absolute atomic E-state index is 5.31. The van der Waals surface area contributed by atoms with Crippen molar-refractivity contribution in [2.45, 2.75) is 12.5 Å². The van der Waals surface area contributed by atoms with Gasteiger partial charge in [-0.1, -0.05) is 11.3 Å². The zero-order valence-corrected chi connectivity index (χ0v) is 8.95. The van der Waals surface area contributed by atoms with Crippen LogP contribution in [0.4, 0.5) is 5.13 Å². The van der Waals surface area contributed by atoms with Crippen LogP contribution in [0.5, 0.6) is 0 Å². The van der Waals surface area contributed by atoms with Gasteiger partial charge in [0.25, 0.3) is 0 Å². The minimum Gasteiger partial charge on any atom is -0.379 e. The molecule has 1 saturated heterocycles. The molecule has 1 aromatic heterocycles. The normalized spacial score (nSPS) is 22.1. The fourth-order valence-corrected chi connectivity index (χ4v) is 2.27. The van der Waals surface area contributed by atoms with Gasteiger partial charge in [-0.15, -0.1) is 5.10 Å². The number of nitrogens with one attached hydrogen (secondary N) is 1. The summed E-state index contributed by atoms with van der Waals surface area (Å²) in [6.07, 6.45) is 1.07. The first-order valence-electron chi connectivity index (χ1n) is 4.13. The van der Waals surface area contributed by atoms with E-state index in [1.54, 1.807) is 0 Å². The number of aromatic nitrogens is 2. The van der Waals surface area contributed by atoms with Crippen molar-refractivity contribution >= 4 is 28.7 Å². The highest BCUT2D eigenvalue weighted by Crippen LogP contribution is 2.21. The molecule has 1 fully saturated rings. The molecule has 0 aromatic carbocycles. The number of ether oxygens (including phenoxy) is 1. The molecule has 1 aliphatic heterocycles. The number of anilines is 1. The van der Waals surface area contributed by atoms with E-state index in [4.69, 9.17) is 17.0 Å². The average Bonchev–Trinajstić information content (AvgIpc) is 2.72. The smallest absolute Gasteiger partial charge is 0.206 e. The topological polar surface area (TPSA) is 41.2 Å². The fraction of sp³-hybridized carbons (Fsp3) is 0.714. The minimum absolute atomic E-state index is 0.453. The summed E-state index contributed by atoms with van der Waals surface area (Å²) in [5, 5.41) is 7.84. The molecule has 0 amide bonds. The van der Waals surface area contributed by atoms with Crippen LogP contribution in [0.1, 0.15) is 6.42 Å². The van der Waals surface area contributed by atoms with Crippen LogP contribution in [0.25, 0.3) is 0 Å². The Morgan fingerprint density at radius 3 is 3.15 bits per heavy atom. The Balaban J connectivity index is 2.11. The van der Waals surface area contributed by atoms with Crippen LogP contribution in [-0.4, -0.2) is 36.5 Å². The number of nitrogens with zero attached hydrogens (tertiary/aromatic N) is 2. The summed E-state index contributed by atoms with van der Waals surface area (Å²) in [5.74, 6) is 0. The third kappa shape index (κ3) is 1.90. The van der Waals surface area contributed by atoms with E-state index < -0.39 is 0 Å². The fourth-order valence-electron chi connectivity index (χ4n) is 1.36. The summed E-state index contributed by atoms with van der Waals surface area (Å²) in [4.78, 5) is 2.13. The first-order chi connectivity index (χ1) is 6.27. The van der Waals surface area contributed by atoms with Crippen molar-refractivity contribution in [3.63, 3.8) is 0 Å². The molecule has 0 saturated carbocycles. The van der Waals surface area contributed by atoms with E-state index in [-0.39, 0.29) is 0 Å². The lowest BCUT2D eigenvalue weighted by Gasteiger charge is -2.21. The Morgan fingerprint density at radius 1 is 1.77 bits per heavy atom. The standard InChI is InChI=1S/C7H11N3OS2/c1-10(5-2-3-11-4-5)6-8-9-7(12)13-6/h5H,2-4H2,1H3,(H,9,12). The van der Waals surface area contributed by atoms with E-state index in [1.807, 2.05) is 7.05 Å². The lowest BCUT2D eigenvalue weighted by Crippen LogP contribution is -2.31. The monoisotopic (exact) mass is 217 g/mol. The maximum Gasteiger partial charge on any atom is 0.206 e. The molecule has 1 aliphatic rings. The lowest BCUT2D eigenvalue weighted by molar-refractivity contribution is 0.193. The first kappa shape index (κ1) is 9.11. The van der Waals surface area contributed by atoms with Crippen molar-refractivity contribution in [1.82, 2.24) is 10.2 Å². The van der Waals surface area contributed by atoms with E-state index in [9.17, 15) is 0 Å². The van der Waals surface area contributed by atoms with Gasteiger partial charge >= 0.3 is 0 Å². The summed E-state index contributed by atoms with van der Waals surface area (Å²) in [6.45, 7) is 1.65. The highest BCUT2D eigenvalue weighted by molar-refractivity contribution is 7.73. The van der Waals surface area contributed by atoms with Gasteiger partial charge in [0.1, 0.15) is 0 Å². The molecule has 13 heavy (non-hydrogen) atoms. The quantitative estimate of drug-likeness (QED) is 0.761. The third-order valence-corrected chi connectivity index (χ3v) is 3.36. The largest absolute Gasteiger partial charge is 0.379 e. The molecule has 4 nitrogen and oxygen atoms in total. The molecule has 0 aliphatic carbocycles. The second kappa shape index (κ2) is 3.73. The number of rotatable bonds is 2. The van der Waals surface area contributed by atoms with Gasteiger partial charge in [-0.3, -0.25) is 5.10 Å². The molecule has 0 bridgehead atoms. The molecule has 1 unspecified atom stereocenters. The van der Waals surface area contributed by atoms with E-state index in [2.05, 4.69) is 15.1 Å². The van der Waals surface area contributed by atoms with E-state index >= 15 is 0 Å². The predicted molar refractivity (Wildman–Crippen MR) is 54.9 cm³/mol. The molecule has 1 aromatic rings. The van der Waals surface area contributed by atoms with E-state index in [0.29, 0.717) is 6.04 Å². The Labute approximate surface area is 85.5 Å². The Bertz CT molecular complexity index is 328. The number of hydrogen-bond donors (Lipinski definition) is 1. The second-order valence-electron chi connectivity index (χ2n) is 3.02. The van der Waals surface area contributed by atoms with Crippen LogP contribution >= 0.6 is 23.6 Å². The third-order valence-electron chi connectivity index (χ3n) is 2.18. The summed E-state index contributed by atoms with van der Waals surface area (Å²) in [6, 6.07) is 0.453. The second-order valence-corrected chi connectivity index (χ2v) is 4.67. The van der Waals surface area contributed by atoms with Crippen LogP contribution in [-0.2, 0) is 4.74 Å². The highest BCUT2D eigenvalue weighted by atomic mass is 32.1. The van der Waals surface area contributed by atoms with Gasteiger partial charge in [0.05, 0.1) is 12.6 Å². The van der Waals surface area contributed by atoms with Crippen molar-refractivity contribution < 1.29 is 4.74 Å². The number of likely N-dealkylation sites (N-methyl/N-ethyl adjacent to an activating group) is 1. The molecular formula is C7H11N3OS2. The molecule has 1 N–H and O–H groups in total. The molecule has 2 heterocycles. The Morgan fingerprint density at radius 2 is 2.62 bits per heavy atom. The Kier molecular flexibility index (Phi) is 2.61. The molecule has 6 heteroatoms. The summed E-state index contributed by atoms with van der Waals surface area (Å²) < 4.78 is 6.03. The van der Waals surface area contributed by atoms with Gasteiger partial charge in [-0.25, -0.2) is 0 Å². The lowest BCUT2D eigenvalue weighted by atomic mass is 10.2. The number of hydrogen-bond acceptors (Lipinski definition) is 5. The van der Waals surface area contributed by atoms with Crippen LogP contribution in [0.2, 0.25) is 0 Å². The maximum atomic E-state index is 5.31. The first-order valence-corrected chi connectivity index (χ1v) is 5.36. The van der Waals surface area contributed by atoms with Crippen molar-refractivity contribution in [3.8, 4) is 0 Å². The molecule has 72 valence electrons. The van der Waals surface area contributed by atoms with Gasteiger partial charge in [0.2, 0.25) is 5.13 Å². The highest BCUT2D eigenvalue weighted by Gasteiger charge is 2.22. The van der Waals surface area contributed by atoms with Gasteiger partial charge in [0, 0.05) is 13.7 Å². The zero-order chi connectivity index (χ0) is 9.26. The van der Waals surface area contributed by atoms with Crippen LogP contribution in [0.3, 0.4) is 0 Å². The minimum atomic E-state index is 0.453. The number of H-pyrrole nitrogens is 1. The van der Waals surface area contributed by atoms with Crippen molar-refractivity contribution in [2.24, 2.45) is 0 Å². The Hall–Kier alpha value is -0.460. The van der Waals surface area contributed by atoms with Gasteiger partial charge in [0.15, 0.2) is 3.95 Å². The number of aromatic amines is 1. The molecular weight excluding hydrogens is 206 g/mol. The molecule has 0 spiro atoms. The summed E-state index contributed by atoms with van der Waals surface area (Å²) in [7, 11) is 2.03. The zero-order valence-electron chi connectivity index (χ0n) is 7.32. The van der Waals surface area contributed by atoms with Crippen molar-refractivity contribution in [3.05, 3.63) is 3.95 Å². The molecule has 0 radical (unpaired) electrons. The molecule has 2 rings (SSSR count). The van der Waals surface area contributed by atoms with Gasteiger partial charge < -0.3 is 9.64 Å². The van der Waals surface area contributed by atoms with Crippen molar-refractivity contribution in [1.29, 1.82) is 0 Å². The van der Waals surface area contributed by atoms with Crippen LogP contribution < -0.4 is 4.90 Å². The van der Waals surface area contributed by atoms with E-state index in [0.717, 1.165) is 28.7 Å². The molecule has 1 atom stereocenters. The summed E-state index contributed by atoms with van der Waals surface area (Å²) in [5.41, 5.74) is 0. The van der Waals surface area contributed by atoms with Crippen molar-refractivity contribution in [2.75, 3.05) is 25.2 Å². The predicted octanol–water partition coefficient (Wildman–Crippen LogP) is 1.43. The summed E-state index contributed by atoms with van der Waals surface area (Å²) >= 11 is 6.47.